The van der Waals surface area contributed by atoms with Crippen LogP contribution in [0.3, 0.4) is 0 Å². The van der Waals surface area contributed by atoms with E-state index in [-0.39, 0.29) is 37.8 Å². The maximum absolute atomic E-state index is 13.1. The van der Waals surface area contributed by atoms with Crippen molar-refractivity contribution in [3.8, 4) is 0 Å². The Hall–Kier alpha value is -2.21. The minimum Gasteiger partial charge on any atom is -0.465 e. The Morgan fingerprint density at radius 3 is 2.35 bits per heavy atom. The molecule has 1 aromatic rings. The lowest BCUT2D eigenvalue weighted by molar-refractivity contribution is -0.172. The summed E-state index contributed by atoms with van der Waals surface area (Å²) in [6, 6.07) is 6.99. The third-order valence-corrected chi connectivity index (χ3v) is 5.53. The molecule has 0 bridgehead atoms. The number of aliphatic hydroxyl groups excluding tert-OH is 1. The fourth-order valence-corrected chi connectivity index (χ4v) is 4.35. The van der Waals surface area contributed by atoms with E-state index in [4.69, 9.17) is 9.47 Å². The van der Waals surface area contributed by atoms with E-state index in [1.165, 1.54) is 0 Å². The fraction of sp³-hybridized carbons (Fsp3) is 0.550. The molecule has 2 aliphatic rings. The van der Waals surface area contributed by atoms with Crippen LogP contribution in [0, 0.1) is 17.3 Å². The van der Waals surface area contributed by atoms with Gasteiger partial charge >= 0.3 is 11.9 Å². The van der Waals surface area contributed by atoms with E-state index in [2.05, 4.69) is 0 Å². The molecule has 3 atom stereocenters. The van der Waals surface area contributed by atoms with Crippen molar-refractivity contribution in [1.82, 2.24) is 0 Å². The number of hydrogen-bond donors (Lipinski definition) is 1. The quantitative estimate of drug-likeness (QED) is 0.655. The van der Waals surface area contributed by atoms with Gasteiger partial charge in [-0.25, -0.2) is 0 Å². The molecule has 0 unspecified atom stereocenters. The molecule has 26 heavy (non-hydrogen) atoms. The second-order valence-electron chi connectivity index (χ2n) is 7.00. The van der Waals surface area contributed by atoms with E-state index in [0.29, 0.717) is 17.5 Å². The van der Waals surface area contributed by atoms with E-state index in [1.54, 1.807) is 38.1 Å². The predicted octanol–water partition coefficient (Wildman–Crippen LogP) is 2.45. The van der Waals surface area contributed by atoms with Crippen LogP contribution in [0.1, 0.15) is 55.1 Å². The molecule has 140 valence electrons. The molecule has 0 radical (unpaired) electrons. The van der Waals surface area contributed by atoms with Crippen molar-refractivity contribution >= 4 is 17.7 Å². The van der Waals surface area contributed by atoms with Gasteiger partial charge in [0.25, 0.3) is 0 Å². The lowest BCUT2D eigenvalue weighted by Crippen LogP contribution is -2.40. The lowest BCUT2D eigenvalue weighted by Gasteiger charge is -2.25. The molecule has 6 nitrogen and oxygen atoms in total. The number of ketones is 1. The van der Waals surface area contributed by atoms with Gasteiger partial charge in [0.1, 0.15) is 0 Å². The second kappa shape index (κ2) is 7.19. The highest BCUT2D eigenvalue weighted by molar-refractivity contribution is 6.05. The molecule has 0 spiro atoms. The van der Waals surface area contributed by atoms with Gasteiger partial charge in [-0.15, -0.1) is 0 Å². The number of benzene rings is 1. The zero-order valence-corrected chi connectivity index (χ0v) is 15.1. The summed E-state index contributed by atoms with van der Waals surface area (Å²) in [5.74, 6) is -2.19. The Morgan fingerprint density at radius 1 is 1.12 bits per heavy atom. The predicted molar refractivity (Wildman–Crippen MR) is 92.3 cm³/mol. The first-order chi connectivity index (χ1) is 12.4. The summed E-state index contributed by atoms with van der Waals surface area (Å²) < 4.78 is 10.3. The summed E-state index contributed by atoms with van der Waals surface area (Å²) in [5.41, 5.74) is -0.385. The SMILES string of the molecule is CCOC(=O)C1(C(=O)OCC)C[C@@H]2C[C@H](O)c3ccccc3C(=O)[C@H]2C1. The Kier molecular flexibility index (Phi) is 5.14. The molecule has 1 N–H and O–H groups in total. The highest BCUT2D eigenvalue weighted by Gasteiger charge is 2.60. The minimum absolute atomic E-state index is 0.0647. The van der Waals surface area contributed by atoms with Crippen molar-refractivity contribution in [2.75, 3.05) is 13.2 Å². The highest BCUT2D eigenvalue weighted by Crippen LogP contribution is 2.53. The molecule has 0 saturated heterocycles. The molecular weight excluding hydrogens is 336 g/mol. The smallest absolute Gasteiger partial charge is 0.323 e. The fourth-order valence-electron chi connectivity index (χ4n) is 4.35. The molecule has 1 fully saturated rings. The summed E-state index contributed by atoms with van der Waals surface area (Å²) in [6.45, 7) is 3.65. The number of ether oxygens (including phenoxy) is 2. The van der Waals surface area contributed by atoms with E-state index in [0.717, 1.165) is 0 Å². The number of esters is 2. The van der Waals surface area contributed by atoms with Crippen LogP contribution < -0.4 is 0 Å². The summed E-state index contributed by atoms with van der Waals surface area (Å²) in [4.78, 5) is 38.4. The van der Waals surface area contributed by atoms with Crippen LogP contribution in [0.4, 0.5) is 0 Å². The number of aliphatic hydroxyl groups is 1. The number of Topliss-reactive ketones (excluding diaryl/α,β-unsaturated/α-hetero) is 1. The van der Waals surface area contributed by atoms with Crippen LogP contribution >= 0.6 is 0 Å². The second-order valence-corrected chi connectivity index (χ2v) is 7.00. The van der Waals surface area contributed by atoms with Crippen molar-refractivity contribution in [3.63, 3.8) is 0 Å². The van der Waals surface area contributed by atoms with E-state index >= 15 is 0 Å². The zero-order chi connectivity index (χ0) is 18.9. The first-order valence-corrected chi connectivity index (χ1v) is 9.10. The molecule has 1 aromatic carbocycles. The molecule has 0 heterocycles. The Morgan fingerprint density at radius 2 is 1.73 bits per heavy atom. The Balaban J connectivity index is 1.99. The van der Waals surface area contributed by atoms with Crippen LogP contribution in [0.15, 0.2) is 24.3 Å². The van der Waals surface area contributed by atoms with Gasteiger partial charge in [0.2, 0.25) is 0 Å². The maximum Gasteiger partial charge on any atom is 0.323 e. The molecule has 6 heteroatoms. The van der Waals surface area contributed by atoms with Crippen LogP contribution in [-0.2, 0) is 19.1 Å². The summed E-state index contributed by atoms with van der Waals surface area (Å²) in [5, 5.41) is 10.6. The zero-order valence-electron chi connectivity index (χ0n) is 15.1. The standard InChI is InChI=1S/C20H24O6/c1-3-25-18(23)20(19(24)26-4-2)10-12-9-16(21)13-7-5-6-8-14(13)17(22)15(12)11-20/h5-8,12,15-16,21H,3-4,9-11H2,1-2H3/t12-,15-,16-/m0/s1. The van der Waals surface area contributed by atoms with Crippen molar-refractivity contribution in [3.05, 3.63) is 35.4 Å². The van der Waals surface area contributed by atoms with Gasteiger partial charge in [-0.1, -0.05) is 24.3 Å². The van der Waals surface area contributed by atoms with E-state index < -0.39 is 29.4 Å². The number of carbonyl (C=O) groups is 3. The van der Waals surface area contributed by atoms with Gasteiger partial charge in [0.15, 0.2) is 11.2 Å². The van der Waals surface area contributed by atoms with Crippen LogP contribution in [0.25, 0.3) is 0 Å². The number of fused-ring (bicyclic) bond motifs is 2. The number of carbonyl (C=O) groups excluding carboxylic acids is 3. The van der Waals surface area contributed by atoms with Gasteiger partial charge in [0, 0.05) is 11.5 Å². The van der Waals surface area contributed by atoms with E-state index in [1.807, 2.05) is 0 Å². The van der Waals surface area contributed by atoms with E-state index in [9.17, 15) is 19.5 Å². The highest BCUT2D eigenvalue weighted by atomic mass is 16.6. The molecule has 0 aromatic heterocycles. The van der Waals surface area contributed by atoms with Gasteiger partial charge in [-0.3, -0.25) is 14.4 Å². The molecule has 1 saturated carbocycles. The average molecular weight is 360 g/mol. The van der Waals surface area contributed by atoms with Crippen molar-refractivity contribution in [1.29, 1.82) is 0 Å². The van der Waals surface area contributed by atoms with Gasteiger partial charge < -0.3 is 14.6 Å². The minimum atomic E-state index is -1.47. The normalized spacial score (nSPS) is 26.4. The topological polar surface area (TPSA) is 89.9 Å². The first-order valence-electron chi connectivity index (χ1n) is 9.10. The van der Waals surface area contributed by atoms with Gasteiger partial charge in [-0.05, 0) is 44.6 Å². The Labute approximate surface area is 152 Å². The summed E-state index contributed by atoms with van der Waals surface area (Å²) in [6.07, 6.45) is -0.250. The Bertz CT molecular complexity index is 707. The molecular formula is C20H24O6. The van der Waals surface area contributed by atoms with Crippen molar-refractivity contribution in [2.24, 2.45) is 17.3 Å². The monoisotopic (exact) mass is 360 g/mol. The largest absolute Gasteiger partial charge is 0.465 e. The number of rotatable bonds is 4. The maximum atomic E-state index is 13.1. The first kappa shape index (κ1) is 18.6. The van der Waals surface area contributed by atoms with Gasteiger partial charge in [0.05, 0.1) is 19.3 Å². The van der Waals surface area contributed by atoms with Crippen LogP contribution in [0.2, 0.25) is 0 Å². The molecule has 0 amide bonds. The molecule has 3 rings (SSSR count). The molecule has 2 aliphatic carbocycles. The van der Waals surface area contributed by atoms with Crippen LogP contribution in [0.5, 0.6) is 0 Å². The third kappa shape index (κ3) is 2.92. The summed E-state index contributed by atoms with van der Waals surface area (Å²) in [7, 11) is 0. The van der Waals surface area contributed by atoms with Gasteiger partial charge in [-0.2, -0.15) is 0 Å². The van der Waals surface area contributed by atoms with Crippen LogP contribution in [-0.4, -0.2) is 36.0 Å². The third-order valence-electron chi connectivity index (χ3n) is 5.53. The lowest BCUT2D eigenvalue weighted by atomic mass is 9.83. The summed E-state index contributed by atoms with van der Waals surface area (Å²) >= 11 is 0. The van der Waals surface area contributed by atoms with Crippen molar-refractivity contribution in [2.45, 2.75) is 39.2 Å². The van der Waals surface area contributed by atoms with Crippen molar-refractivity contribution < 1.29 is 29.0 Å². The molecule has 0 aliphatic heterocycles. The number of hydrogen-bond acceptors (Lipinski definition) is 6. The average Bonchev–Trinajstić information content (AvgIpc) is 2.98.